The third-order valence-corrected chi connectivity index (χ3v) is 3.66. The van der Waals surface area contributed by atoms with Crippen molar-refractivity contribution in [2.75, 3.05) is 0 Å². The molecule has 0 aliphatic heterocycles. The first-order valence-electron chi connectivity index (χ1n) is 6.35. The van der Waals surface area contributed by atoms with Gasteiger partial charge in [0.05, 0.1) is 5.92 Å². The number of benzene rings is 1. The van der Waals surface area contributed by atoms with Crippen LogP contribution in [0.15, 0.2) is 42.7 Å². The monoisotopic (exact) mass is 317 g/mol. The predicted octanol–water partition coefficient (Wildman–Crippen LogP) is 3.48. The molecule has 3 rings (SSSR count). The highest BCUT2D eigenvalue weighted by molar-refractivity contribution is 8.93. The summed E-state index contributed by atoms with van der Waals surface area (Å²) >= 11 is 0. The van der Waals surface area contributed by atoms with Gasteiger partial charge in [-0.05, 0) is 47.6 Å². The zero-order chi connectivity index (χ0) is 12.4. The van der Waals surface area contributed by atoms with Crippen LogP contribution in [-0.4, -0.2) is 11.3 Å². The molecule has 98 valence electrons. The number of aromatic nitrogens is 1. The van der Waals surface area contributed by atoms with Gasteiger partial charge in [0.25, 0.3) is 0 Å². The molecule has 0 saturated heterocycles. The van der Waals surface area contributed by atoms with Gasteiger partial charge in [-0.25, -0.2) is 0 Å². The van der Waals surface area contributed by atoms with E-state index in [9.17, 15) is 4.79 Å². The van der Waals surface area contributed by atoms with Crippen LogP contribution in [0.5, 0.6) is 0 Å². The average molecular weight is 318 g/mol. The third-order valence-electron chi connectivity index (χ3n) is 3.66. The van der Waals surface area contributed by atoms with Gasteiger partial charge in [0.1, 0.15) is 6.29 Å². The number of halogens is 1. The second-order valence-corrected chi connectivity index (χ2v) is 4.78. The molecule has 1 aromatic heterocycles. The van der Waals surface area contributed by atoms with Gasteiger partial charge in [0, 0.05) is 12.4 Å². The van der Waals surface area contributed by atoms with Crippen LogP contribution in [0.25, 0.3) is 0 Å². The normalized spacial score (nSPS) is 14.3. The molecule has 1 aromatic carbocycles. The SMILES string of the molecule is Br.O=CC(c1cccnc1)c1ccc2c(c1)CCC2. The highest BCUT2D eigenvalue weighted by atomic mass is 79.9. The summed E-state index contributed by atoms with van der Waals surface area (Å²) in [5.74, 6) is -0.190. The van der Waals surface area contributed by atoms with Crippen molar-refractivity contribution in [2.45, 2.75) is 25.2 Å². The maximum Gasteiger partial charge on any atom is 0.131 e. The second-order valence-electron chi connectivity index (χ2n) is 4.78. The summed E-state index contributed by atoms with van der Waals surface area (Å²) in [6.45, 7) is 0. The molecule has 3 heteroatoms. The van der Waals surface area contributed by atoms with Crippen LogP contribution in [0.4, 0.5) is 0 Å². The Bertz CT molecular complexity index is 568. The van der Waals surface area contributed by atoms with Crippen LogP contribution in [0.1, 0.15) is 34.6 Å². The fourth-order valence-corrected chi connectivity index (χ4v) is 2.69. The number of nitrogens with zero attached hydrogens (tertiary/aromatic N) is 1. The van der Waals surface area contributed by atoms with Crippen LogP contribution in [0.2, 0.25) is 0 Å². The number of aldehydes is 1. The van der Waals surface area contributed by atoms with Gasteiger partial charge < -0.3 is 4.79 Å². The molecule has 1 heterocycles. The molecule has 0 bridgehead atoms. The predicted molar refractivity (Wildman–Crippen MR) is 80.9 cm³/mol. The smallest absolute Gasteiger partial charge is 0.131 e. The molecule has 1 atom stereocenters. The number of pyridine rings is 1. The van der Waals surface area contributed by atoms with Crippen LogP contribution < -0.4 is 0 Å². The topological polar surface area (TPSA) is 30.0 Å². The molecule has 0 radical (unpaired) electrons. The summed E-state index contributed by atoms with van der Waals surface area (Å²) in [6.07, 6.45) is 8.06. The van der Waals surface area contributed by atoms with Crippen molar-refractivity contribution in [1.29, 1.82) is 0 Å². The van der Waals surface area contributed by atoms with E-state index in [0.29, 0.717) is 0 Å². The van der Waals surface area contributed by atoms with Crippen LogP contribution >= 0.6 is 17.0 Å². The average Bonchev–Trinajstić information content (AvgIpc) is 2.88. The largest absolute Gasteiger partial charge is 0.302 e. The molecule has 0 spiro atoms. The number of rotatable bonds is 3. The van der Waals surface area contributed by atoms with Crippen molar-refractivity contribution in [3.63, 3.8) is 0 Å². The molecule has 1 unspecified atom stereocenters. The molecule has 0 amide bonds. The Balaban J connectivity index is 0.00000133. The molecule has 1 aliphatic carbocycles. The summed E-state index contributed by atoms with van der Waals surface area (Å²) in [7, 11) is 0. The van der Waals surface area contributed by atoms with E-state index >= 15 is 0 Å². The van der Waals surface area contributed by atoms with Crippen molar-refractivity contribution in [1.82, 2.24) is 4.98 Å². The molecule has 19 heavy (non-hydrogen) atoms. The molecule has 0 N–H and O–H groups in total. The number of fused-ring (bicyclic) bond motifs is 1. The van der Waals surface area contributed by atoms with Crippen molar-refractivity contribution in [3.05, 3.63) is 65.0 Å². The summed E-state index contributed by atoms with van der Waals surface area (Å²) < 4.78 is 0. The Morgan fingerprint density at radius 2 is 1.95 bits per heavy atom. The van der Waals surface area contributed by atoms with E-state index in [1.165, 1.54) is 24.0 Å². The fraction of sp³-hybridized carbons (Fsp3) is 0.250. The molecular weight excluding hydrogens is 302 g/mol. The van der Waals surface area contributed by atoms with Crippen molar-refractivity contribution in [3.8, 4) is 0 Å². The summed E-state index contributed by atoms with van der Waals surface area (Å²) in [5, 5.41) is 0. The standard InChI is InChI=1S/C16H15NO.BrH/c18-11-16(15-5-2-8-17-10-15)14-7-6-12-3-1-4-13(12)9-14;/h2,5-11,16H,1,3-4H2;1H. The minimum absolute atomic E-state index is 0. The van der Waals surface area contributed by atoms with Gasteiger partial charge in [-0.15, -0.1) is 17.0 Å². The van der Waals surface area contributed by atoms with Gasteiger partial charge in [0.2, 0.25) is 0 Å². The summed E-state index contributed by atoms with van der Waals surface area (Å²) in [4.78, 5) is 15.5. The zero-order valence-corrected chi connectivity index (χ0v) is 12.3. The molecular formula is C16H16BrNO. The Hall–Kier alpha value is -1.48. The Labute approximate surface area is 123 Å². The fourth-order valence-electron chi connectivity index (χ4n) is 2.69. The quantitative estimate of drug-likeness (QED) is 0.811. The van der Waals surface area contributed by atoms with Gasteiger partial charge in [-0.1, -0.05) is 24.3 Å². The van der Waals surface area contributed by atoms with Crippen molar-refractivity contribution >= 4 is 23.3 Å². The van der Waals surface area contributed by atoms with E-state index in [1.54, 1.807) is 12.4 Å². The maximum atomic E-state index is 11.4. The molecule has 0 saturated carbocycles. The maximum absolute atomic E-state index is 11.4. The molecule has 1 aliphatic rings. The Kier molecular flexibility index (Phi) is 4.48. The van der Waals surface area contributed by atoms with Gasteiger partial charge >= 0.3 is 0 Å². The number of carbonyl (C=O) groups excluding carboxylic acids is 1. The summed E-state index contributed by atoms with van der Waals surface area (Å²) in [5.41, 5.74) is 4.89. The van der Waals surface area contributed by atoms with Crippen molar-refractivity contribution < 1.29 is 4.79 Å². The molecule has 2 nitrogen and oxygen atoms in total. The van der Waals surface area contributed by atoms with Gasteiger partial charge in [-0.2, -0.15) is 0 Å². The number of hydrogen-bond donors (Lipinski definition) is 0. The van der Waals surface area contributed by atoms with Crippen LogP contribution in [0, 0.1) is 0 Å². The van der Waals surface area contributed by atoms with E-state index in [4.69, 9.17) is 0 Å². The van der Waals surface area contributed by atoms with E-state index in [0.717, 1.165) is 23.8 Å². The third kappa shape index (κ3) is 2.76. The lowest BCUT2D eigenvalue weighted by Gasteiger charge is -2.12. The summed E-state index contributed by atoms with van der Waals surface area (Å²) in [6, 6.07) is 10.3. The van der Waals surface area contributed by atoms with Crippen LogP contribution in [-0.2, 0) is 17.6 Å². The lowest BCUT2D eigenvalue weighted by Crippen LogP contribution is -2.03. The first kappa shape index (κ1) is 13.9. The lowest BCUT2D eigenvalue weighted by molar-refractivity contribution is -0.108. The zero-order valence-electron chi connectivity index (χ0n) is 10.6. The van der Waals surface area contributed by atoms with Gasteiger partial charge in [-0.3, -0.25) is 4.98 Å². The first-order chi connectivity index (χ1) is 8.88. The van der Waals surface area contributed by atoms with E-state index < -0.39 is 0 Å². The molecule has 0 fully saturated rings. The Morgan fingerprint density at radius 3 is 2.68 bits per heavy atom. The number of hydrogen-bond acceptors (Lipinski definition) is 2. The Morgan fingerprint density at radius 1 is 1.11 bits per heavy atom. The highest BCUT2D eigenvalue weighted by Gasteiger charge is 2.17. The van der Waals surface area contributed by atoms with Crippen LogP contribution in [0.3, 0.4) is 0 Å². The van der Waals surface area contributed by atoms with E-state index in [-0.39, 0.29) is 22.9 Å². The van der Waals surface area contributed by atoms with E-state index in [1.807, 2.05) is 12.1 Å². The molecule has 2 aromatic rings. The first-order valence-corrected chi connectivity index (χ1v) is 6.35. The number of carbonyl (C=O) groups is 1. The minimum atomic E-state index is -0.190. The lowest BCUT2D eigenvalue weighted by atomic mass is 9.92. The van der Waals surface area contributed by atoms with Crippen molar-refractivity contribution in [2.24, 2.45) is 0 Å². The number of aryl methyl sites for hydroxylation is 2. The second kappa shape index (κ2) is 6.11. The minimum Gasteiger partial charge on any atom is -0.302 e. The van der Waals surface area contributed by atoms with Gasteiger partial charge in [0.15, 0.2) is 0 Å². The highest BCUT2D eigenvalue weighted by Crippen LogP contribution is 2.28. The van der Waals surface area contributed by atoms with E-state index in [2.05, 4.69) is 23.2 Å².